The quantitative estimate of drug-likeness (QED) is 0.623. The average molecular weight is 501 g/mol. The van der Waals surface area contributed by atoms with E-state index >= 15 is 0 Å². The summed E-state index contributed by atoms with van der Waals surface area (Å²) >= 11 is 8.24. The molecule has 1 saturated heterocycles. The summed E-state index contributed by atoms with van der Waals surface area (Å²) < 4.78 is 25.9. The maximum absolute atomic E-state index is 9.19. The van der Waals surface area contributed by atoms with Crippen molar-refractivity contribution in [2.45, 2.75) is 42.0 Å². The monoisotopic (exact) mass is 500 g/mol. The lowest BCUT2D eigenvalue weighted by molar-refractivity contribution is 0.110. The van der Waals surface area contributed by atoms with Crippen LogP contribution in [0.1, 0.15) is 42.5 Å². The van der Waals surface area contributed by atoms with Gasteiger partial charge in [0.2, 0.25) is 0 Å². The Labute approximate surface area is 201 Å². The van der Waals surface area contributed by atoms with Gasteiger partial charge in [-0.05, 0) is 60.3 Å². The molecule has 6 nitrogen and oxygen atoms in total. The highest BCUT2D eigenvalue weighted by atomic mass is 35.5. The van der Waals surface area contributed by atoms with Crippen molar-refractivity contribution in [3.05, 3.63) is 58.1 Å². The average Bonchev–Trinajstić information content (AvgIpc) is 2.83. The smallest absolute Gasteiger partial charge is 0.261 e. The molecule has 0 amide bonds. The first-order chi connectivity index (χ1) is 14.5. The maximum Gasteiger partial charge on any atom is 0.261 e. The first-order valence-corrected chi connectivity index (χ1v) is 13.5. The lowest BCUT2D eigenvalue weighted by Gasteiger charge is -2.38. The van der Waals surface area contributed by atoms with E-state index in [0.29, 0.717) is 18.2 Å². The Morgan fingerprint density at radius 2 is 1.66 bits per heavy atom. The Balaban J connectivity index is 0.000000548. The van der Waals surface area contributed by atoms with Gasteiger partial charge in [-0.15, -0.1) is 0 Å². The minimum atomic E-state index is -3.67. The molecule has 0 saturated carbocycles. The van der Waals surface area contributed by atoms with Crippen molar-refractivity contribution in [1.82, 2.24) is 9.80 Å². The Hall–Kier alpha value is -1.13. The summed E-state index contributed by atoms with van der Waals surface area (Å²) in [7, 11) is -1.44. The van der Waals surface area contributed by atoms with E-state index in [9.17, 15) is 8.42 Å². The summed E-state index contributed by atoms with van der Waals surface area (Å²) in [6.45, 7) is 9.12. The lowest BCUT2D eigenvalue weighted by atomic mass is 9.93. The van der Waals surface area contributed by atoms with Crippen molar-refractivity contribution >= 4 is 33.5 Å². The number of rotatable bonds is 2. The fourth-order valence-corrected chi connectivity index (χ4v) is 5.27. The predicted octanol–water partition coefficient (Wildman–Crippen LogP) is 4.14. The van der Waals surface area contributed by atoms with Crippen LogP contribution in [0.5, 0.6) is 0 Å². The molecule has 0 spiro atoms. The molecule has 1 atom stereocenters. The van der Waals surface area contributed by atoms with Crippen molar-refractivity contribution in [3.8, 4) is 0 Å². The van der Waals surface area contributed by atoms with Gasteiger partial charge in [0.25, 0.3) is 10.1 Å². The summed E-state index contributed by atoms with van der Waals surface area (Å²) in [4.78, 5) is 7.86. The van der Waals surface area contributed by atoms with Crippen LogP contribution in [0, 0.1) is 0 Å². The minimum Gasteiger partial charge on any atom is -0.412 e. The molecule has 0 bridgehead atoms. The Kier molecular flexibility index (Phi) is 9.60. The van der Waals surface area contributed by atoms with Crippen molar-refractivity contribution in [1.29, 1.82) is 0 Å². The molecular formula is C23H33ClN2O4S2. The Bertz CT molecular complexity index is 1010. The van der Waals surface area contributed by atoms with E-state index in [0.717, 1.165) is 37.6 Å². The molecule has 2 aromatic rings. The summed E-state index contributed by atoms with van der Waals surface area (Å²) in [6.07, 6.45) is 1.76. The number of hydrogen-bond donors (Lipinski definition) is 1. The number of hydrogen-bond acceptors (Lipinski definition) is 5. The highest BCUT2D eigenvalue weighted by molar-refractivity contribution is 7.99. The van der Waals surface area contributed by atoms with E-state index < -0.39 is 10.1 Å². The van der Waals surface area contributed by atoms with E-state index in [4.69, 9.17) is 16.2 Å². The third-order valence-electron chi connectivity index (χ3n) is 5.69. The van der Waals surface area contributed by atoms with Gasteiger partial charge >= 0.3 is 0 Å². The van der Waals surface area contributed by atoms with Crippen molar-refractivity contribution in [3.63, 3.8) is 0 Å². The van der Waals surface area contributed by atoms with E-state index in [1.165, 1.54) is 26.5 Å². The molecule has 2 aliphatic rings. The first-order valence-electron chi connectivity index (χ1n) is 10.5. The molecule has 2 aromatic carbocycles. The van der Waals surface area contributed by atoms with Crippen LogP contribution in [0.15, 0.2) is 46.2 Å². The van der Waals surface area contributed by atoms with E-state index in [2.05, 4.69) is 61.0 Å². The highest BCUT2D eigenvalue weighted by Gasteiger charge is 2.29. The summed E-state index contributed by atoms with van der Waals surface area (Å²) in [5, 5.41) is 0.843. The van der Waals surface area contributed by atoms with Crippen LogP contribution in [0.25, 0.3) is 0 Å². The van der Waals surface area contributed by atoms with Crippen molar-refractivity contribution < 1.29 is 18.4 Å². The molecule has 0 radical (unpaired) electrons. The number of halogens is 1. The fraction of sp³-hybridized carbons (Fsp3) is 0.478. The zero-order chi connectivity index (χ0) is 22.8. The van der Waals surface area contributed by atoms with Crippen LogP contribution >= 0.6 is 23.4 Å². The van der Waals surface area contributed by atoms with Crippen LogP contribution in [0.3, 0.4) is 0 Å². The van der Waals surface area contributed by atoms with E-state index in [1.807, 2.05) is 17.8 Å². The molecule has 2 heterocycles. The third-order valence-corrected chi connectivity index (χ3v) is 7.14. The van der Waals surface area contributed by atoms with Gasteiger partial charge in [-0.1, -0.05) is 49.3 Å². The van der Waals surface area contributed by atoms with Crippen LogP contribution in [-0.2, 0) is 16.5 Å². The molecule has 1 fully saturated rings. The molecule has 3 N–H and O–H groups in total. The summed E-state index contributed by atoms with van der Waals surface area (Å²) in [5.41, 5.74) is 4.32. The van der Waals surface area contributed by atoms with Gasteiger partial charge in [-0.25, -0.2) is 0 Å². The van der Waals surface area contributed by atoms with Gasteiger partial charge in [0, 0.05) is 47.0 Å². The number of piperazine rings is 1. The van der Waals surface area contributed by atoms with E-state index in [1.54, 1.807) is 0 Å². The van der Waals surface area contributed by atoms with Gasteiger partial charge in [0.05, 0.1) is 6.26 Å². The normalized spacial score (nSPS) is 19.2. The van der Waals surface area contributed by atoms with Crippen molar-refractivity contribution in [2.75, 3.05) is 39.5 Å². The van der Waals surface area contributed by atoms with Gasteiger partial charge in [0.1, 0.15) is 0 Å². The predicted molar refractivity (Wildman–Crippen MR) is 133 cm³/mol. The van der Waals surface area contributed by atoms with Crippen LogP contribution in [0.2, 0.25) is 5.02 Å². The van der Waals surface area contributed by atoms with E-state index in [-0.39, 0.29) is 5.48 Å². The first kappa shape index (κ1) is 27.1. The Morgan fingerprint density at radius 3 is 2.25 bits per heavy atom. The number of fused-ring (bicyclic) bond motifs is 2. The molecule has 4 rings (SSSR count). The number of likely N-dealkylation sites (N-methyl/N-ethyl adjacent to an activating group) is 1. The van der Waals surface area contributed by atoms with Crippen LogP contribution in [0.4, 0.5) is 0 Å². The van der Waals surface area contributed by atoms with Gasteiger partial charge in [-0.3, -0.25) is 9.45 Å². The van der Waals surface area contributed by atoms with Gasteiger partial charge in [0.15, 0.2) is 0 Å². The van der Waals surface area contributed by atoms with Crippen LogP contribution in [-0.4, -0.2) is 67.7 Å². The second-order valence-electron chi connectivity index (χ2n) is 8.60. The SMILES string of the molecule is CC(C)c1ccc2c(c1)C(N1CCN(C)CC1)Cc1cc(Cl)ccc1S2.CS(=O)(=O)O.O. The molecule has 0 aromatic heterocycles. The second kappa shape index (κ2) is 11.3. The molecule has 2 aliphatic heterocycles. The molecular weight excluding hydrogens is 468 g/mol. The summed E-state index contributed by atoms with van der Waals surface area (Å²) in [5.74, 6) is 0.554. The lowest BCUT2D eigenvalue weighted by Crippen LogP contribution is -2.46. The fourth-order valence-electron chi connectivity index (χ4n) is 3.98. The zero-order valence-corrected chi connectivity index (χ0v) is 21.4. The number of nitrogens with zero attached hydrogens (tertiary/aromatic N) is 2. The second-order valence-corrected chi connectivity index (χ2v) is 11.6. The largest absolute Gasteiger partial charge is 0.412 e. The van der Waals surface area contributed by atoms with Gasteiger partial charge in [-0.2, -0.15) is 8.42 Å². The molecule has 9 heteroatoms. The Morgan fingerprint density at radius 1 is 1.06 bits per heavy atom. The molecule has 1 unspecified atom stereocenters. The van der Waals surface area contributed by atoms with Crippen molar-refractivity contribution in [2.24, 2.45) is 0 Å². The third kappa shape index (κ3) is 7.45. The number of benzene rings is 2. The molecule has 178 valence electrons. The summed E-state index contributed by atoms with van der Waals surface area (Å²) in [6, 6.07) is 13.9. The molecule has 32 heavy (non-hydrogen) atoms. The highest BCUT2D eigenvalue weighted by Crippen LogP contribution is 2.44. The zero-order valence-electron chi connectivity index (χ0n) is 19.0. The van der Waals surface area contributed by atoms with Gasteiger partial charge < -0.3 is 10.4 Å². The minimum absolute atomic E-state index is 0. The van der Waals surface area contributed by atoms with Crippen LogP contribution < -0.4 is 0 Å². The maximum atomic E-state index is 9.19. The standard InChI is InChI=1S/C22H27ClN2S.CH4O3S.H2O/c1-15(2)16-4-6-22-19(13-16)20(25-10-8-24(3)9-11-25)14-17-12-18(23)5-7-21(17)26-22;1-5(2,3)4;/h4-7,12-13,15,20H,8-11,14H2,1-3H3;1H3,(H,2,3,4);1H2. The topological polar surface area (TPSA) is 92.4 Å². The molecule has 0 aliphatic carbocycles.